The molecule has 4 nitrogen and oxygen atoms in total. The monoisotopic (exact) mass is 834 g/mol. The number of benzene rings is 5. The van der Waals surface area contributed by atoms with Crippen molar-refractivity contribution in [3.63, 3.8) is 0 Å². The SMILES string of the molecule is O=C(OCc1ccccc1)c1c2cc(C=C3C(=S)c4ccccc4C3=S)sc2c(C(=O)OCc2ccccc2)c2cc(C=C3C(=S)c4ccccc4C3=S)sc12. The smallest absolute Gasteiger partial charge is 0.340 e. The van der Waals surface area contributed by atoms with Gasteiger partial charge in [-0.15, -0.1) is 22.7 Å². The van der Waals surface area contributed by atoms with Crippen molar-refractivity contribution in [1.82, 2.24) is 0 Å². The highest BCUT2D eigenvalue weighted by atomic mass is 32.1. The van der Waals surface area contributed by atoms with Gasteiger partial charge in [0, 0.05) is 53.9 Å². The summed E-state index contributed by atoms with van der Waals surface area (Å²) in [6.45, 7) is 0.156. The van der Waals surface area contributed by atoms with Gasteiger partial charge in [0.25, 0.3) is 0 Å². The maximum Gasteiger partial charge on any atom is 0.340 e. The lowest BCUT2D eigenvalue weighted by molar-refractivity contribution is 0.0465. The fourth-order valence-corrected chi connectivity index (χ4v) is 10.8. The van der Waals surface area contributed by atoms with Crippen LogP contribution in [0.3, 0.4) is 0 Å². The molecule has 10 heteroatoms. The fraction of sp³-hybridized carbons (Fsp3) is 0.0435. The van der Waals surface area contributed by atoms with Crippen molar-refractivity contribution in [1.29, 1.82) is 0 Å². The van der Waals surface area contributed by atoms with E-state index in [0.29, 0.717) is 50.8 Å². The summed E-state index contributed by atoms with van der Waals surface area (Å²) in [5.74, 6) is -1.02. The van der Waals surface area contributed by atoms with Crippen molar-refractivity contribution in [2.75, 3.05) is 0 Å². The predicted molar refractivity (Wildman–Crippen MR) is 244 cm³/mol. The van der Waals surface area contributed by atoms with Crippen LogP contribution < -0.4 is 0 Å². The van der Waals surface area contributed by atoms with Gasteiger partial charge in [-0.3, -0.25) is 0 Å². The minimum atomic E-state index is -0.510. The van der Waals surface area contributed by atoms with E-state index in [4.69, 9.17) is 58.3 Å². The molecular formula is C46H26O4S6. The van der Waals surface area contributed by atoms with E-state index in [2.05, 4.69) is 0 Å². The van der Waals surface area contributed by atoms with E-state index in [-0.39, 0.29) is 13.2 Å². The molecule has 0 amide bonds. The zero-order valence-electron chi connectivity index (χ0n) is 29.2. The Morgan fingerprint density at radius 3 is 1.14 bits per heavy atom. The molecule has 270 valence electrons. The number of carbonyl (C=O) groups is 2. The zero-order valence-corrected chi connectivity index (χ0v) is 34.1. The summed E-state index contributed by atoms with van der Waals surface area (Å²) in [4.78, 5) is 33.0. The van der Waals surface area contributed by atoms with Gasteiger partial charge in [-0.2, -0.15) is 0 Å². The van der Waals surface area contributed by atoms with Gasteiger partial charge in [0.1, 0.15) is 13.2 Å². The molecule has 2 aliphatic carbocycles. The normalized spacial score (nSPS) is 13.4. The number of thiocarbonyl (C=S) groups is 4. The van der Waals surface area contributed by atoms with E-state index < -0.39 is 11.9 Å². The molecule has 2 aromatic heterocycles. The topological polar surface area (TPSA) is 52.6 Å². The van der Waals surface area contributed by atoms with Gasteiger partial charge in [0.2, 0.25) is 0 Å². The number of carbonyl (C=O) groups excluding carboxylic acids is 2. The molecule has 2 aliphatic rings. The molecule has 0 saturated carbocycles. The van der Waals surface area contributed by atoms with Crippen LogP contribution in [0.4, 0.5) is 0 Å². The number of hydrogen-bond donors (Lipinski definition) is 0. The summed E-state index contributed by atoms with van der Waals surface area (Å²) >= 11 is 26.3. The predicted octanol–water partition coefficient (Wildman–Crippen LogP) is 11.9. The van der Waals surface area contributed by atoms with Crippen LogP contribution in [0.1, 0.15) is 63.9 Å². The van der Waals surface area contributed by atoms with Gasteiger partial charge < -0.3 is 9.47 Å². The number of allylic oxidation sites excluding steroid dienone is 2. The van der Waals surface area contributed by atoms with Crippen molar-refractivity contribution in [3.05, 3.63) is 187 Å². The third-order valence-electron chi connectivity index (χ3n) is 9.71. The van der Waals surface area contributed by atoms with E-state index in [0.717, 1.165) is 54.3 Å². The lowest BCUT2D eigenvalue weighted by Crippen LogP contribution is -2.10. The lowest BCUT2D eigenvalue weighted by atomic mass is 10.0. The van der Waals surface area contributed by atoms with Crippen LogP contribution >= 0.6 is 71.5 Å². The van der Waals surface area contributed by atoms with Gasteiger partial charge in [-0.05, 0) is 35.4 Å². The summed E-state index contributed by atoms with van der Waals surface area (Å²) in [5.41, 5.74) is 7.61. The number of rotatable bonds is 8. The molecule has 0 bridgehead atoms. The molecular weight excluding hydrogens is 809 g/mol. The Kier molecular flexibility index (Phi) is 9.79. The van der Waals surface area contributed by atoms with Crippen molar-refractivity contribution in [2.45, 2.75) is 13.2 Å². The molecule has 2 heterocycles. The van der Waals surface area contributed by atoms with Crippen LogP contribution in [0.15, 0.2) is 132 Å². The van der Waals surface area contributed by atoms with E-state index in [1.54, 1.807) is 0 Å². The standard InChI is InChI=1S/C46H26O4S6/c47-45(49-23-25-11-3-1-4-12-25)37-33-19-27(21-35-39(51)29-15-7-8-16-30(29)40(35)52)56-44(33)38(46(48)50-24-26-13-5-2-6-14-26)34-20-28(55-43(34)37)22-36-41(53)31-17-9-10-18-32(31)42(36)54/h1-22H,23-24H2. The number of ether oxygens (including phenoxy) is 2. The van der Waals surface area contributed by atoms with E-state index in [1.165, 1.54) is 22.7 Å². The first-order chi connectivity index (χ1) is 27.3. The number of thiophene rings is 2. The van der Waals surface area contributed by atoms with Crippen molar-refractivity contribution < 1.29 is 19.1 Å². The Morgan fingerprint density at radius 2 is 0.804 bits per heavy atom. The zero-order chi connectivity index (χ0) is 38.5. The number of esters is 2. The van der Waals surface area contributed by atoms with Gasteiger partial charge in [0.05, 0.1) is 40.0 Å². The van der Waals surface area contributed by atoms with Crippen molar-refractivity contribution in [3.8, 4) is 0 Å². The second kappa shape index (κ2) is 15.0. The highest BCUT2D eigenvalue weighted by Gasteiger charge is 2.31. The Morgan fingerprint density at radius 1 is 0.482 bits per heavy atom. The third kappa shape index (κ3) is 6.52. The number of hydrogen-bond acceptors (Lipinski definition) is 10. The molecule has 0 radical (unpaired) electrons. The summed E-state index contributed by atoms with van der Waals surface area (Å²) in [6, 6.07) is 38.6. The molecule has 0 spiro atoms. The van der Waals surface area contributed by atoms with Crippen LogP contribution in [-0.2, 0) is 22.7 Å². The number of fused-ring (bicyclic) bond motifs is 4. The second-order valence-corrected chi connectivity index (χ2v) is 17.0. The first kappa shape index (κ1) is 36.4. The van der Waals surface area contributed by atoms with Crippen molar-refractivity contribution in [2.24, 2.45) is 0 Å². The van der Waals surface area contributed by atoms with Crippen LogP contribution in [0.25, 0.3) is 32.3 Å². The summed E-state index contributed by atoms with van der Waals surface area (Å²) in [5, 5.41) is 1.15. The van der Waals surface area contributed by atoms with Crippen molar-refractivity contribution >= 4 is 135 Å². The first-order valence-electron chi connectivity index (χ1n) is 17.5. The molecule has 56 heavy (non-hydrogen) atoms. The van der Waals surface area contributed by atoms with Crippen LogP contribution in [0.5, 0.6) is 0 Å². The van der Waals surface area contributed by atoms with E-state index >= 15 is 0 Å². The summed E-state index contributed by atoms with van der Waals surface area (Å²) in [6.07, 6.45) is 3.91. The molecule has 0 unspecified atom stereocenters. The van der Waals surface area contributed by atoms with Gasteiger partial charge >= 0.3 is 11.9 Å². The van der Waals surface area contributed by atoms with Crippen LogP contribution in [0, 0.1) is 0 Å². The largest absolute Gasteiger partial charge is 0.457 e. The van der Waals surface area contributed by atoms with E-state index in [9.17, 15) is 9.59 Å². The van der Waals surface area contributed by atoms with Crippen LogP contribution in [0.2, 0.25) is 0 Å². The highest BCUT2D eigenvalue weighted by molar-refractivity contribution is 7.84. The Bertz CT molecular complexity index is 2590. The van der Waals surface area contributed by atoms with Crippen LogP contribution in [-0.4, -0.2) is 31.4 Å². The molecule has 0 aliphatic heterocycles. The Hall–Kier alpha value is -5.20. The summed E-state index contributed by atoms with van der Waals surface area (Å²) < 4.78 is 13.2. The fourth-order valence-electron chi connectivity index (χ4n) is 7.04. The van der Waals surface area contributed by atoms with E-state index in [1.807, 2.05) is 133 Å². The molecule has 0 fully saturated rings. The molecule has 0 N–H and O–H groups in total. The minimum Gasteiger partial charge on any atom is -0.457 e. The maximum absolute atomic E-state index is 14.4. The molecule has 5 aromatic carbocycles. The maximum atomic E-state index is 14.4. The molecule has 0 atom stereocenters. The third-order valence-corrected chi connectivity index (χ3v) is 13.7. The molecule has 7 aromatic rings. The average molecular weight is 835 g/mol. The molecule has 0 saturated heterocycles. The minimum absolute atomic E-state index is 0.0778. The Balaban J connectivity index is 1.23. The van der Waals surface area contributed by atoms with Gasteiger partial charge in [-0.25, -0.2) is 9.59 Å². The molecule has 9 rings (SSSR count). The first-order valence-corrected chi connectivity index (χ1v) is 20.8. The summed E-state index contributed by atoms with van der Waals surface area (Å²) in [7, 11) is 0. The average Bonchev–Trinajstić information content (AvgIpc) is 3.96. The lowest BCUT2D eigenvalue weighted by Gasteiger charge is -2.11. The second-order valence-electron chi connectivity index (χ2n) is 13.2. The quantitative estimate of drug-likeness (QED) is 0.0852. The highest BCUT2D eigenvalue weighted by Crippen LogP contribution is 2.44. The van der Waals surface area contributed by atoms with Gasteiger partial charge in [-0.1, -0.05) is 158 Å². The Labute approximate surface area is 351 Å². The van der Waals surface area contributed by atoms with Gasteiger partial charge in [0.15, 0.2) is 0 Å².